The molecule has 0 saturated heterocycles. The van der Waals surface area contributed by atoms with Crippen molar-refractivity contribution in [1.29, 1.82) is 0 Å². The van der Waals surface area contributed by atoms with E-state index >= 15 is 0 Å². The van der Waals surface area contributed by atoms with Crippen molar-refractivity contribution < 1.29 is 17.1 Å². The average Bonchev–Trinajstić information content (AvgIpc) is 3.25. The van der Waals surface area contributed by atoms with Crippen LogP contribution in [0.5, 0.6) is 0 Å². The van der Waals surface area contributed by atoms with Crippen LogP contribution in [0.4, 0.5) is 11.4 Å². The quantitative estimate of drug-likeness (QED) is 0.301. The molecule has 1 aromatic heterocycles. The molecular formula is C27H29ClN6. The Labute approximate surface area is 207 Å². The normalized spacial score (nSPS) is 11.1. The maximum Gasteiger partial charge on any atom is 0.339 e. The molecule has 0 unspecified atom stereocenters. The average molecular weight is 473 g/mol. The van der Waals surface area contributed by atoms with Gasteiger partial charge in [0.25, 0.3) is 0 Å². The predicted octanol–water partition coefficient (Wildman–Crippen LogP) is 1.34. The first-order valence-electron chi connectivity index (χ1n) is 10.8. The molecule has 0 aliphatic carbocycles. The number of anilines is 2. The SMILES string of the molecule is CN(C)c1ccc(C=Nn2cc[n+](N=Cc3ccc(N(C)C)cc3)c2-c2ccccc2)cc1.[Cl-]. The highest BCUT2D eigenvalue weighted by Gasteiger charge is 2.19. The molecule has 0 N–H and O–H groups in total. The van der Waals surface area contributed by atoms with Crippen molar-refractivity contribution in [2.75, 3.05) is 38.0 Å². The van der Waals surface area contributed by atoms with Crippen LogP contribution in [0.15, 0.2) is 101 Å². The lowest BCUT2D eigenvalue weighted by molar-refractivity contribution is -0.666. The Hall–Kier alpha value is -3.90. The lowest BCUT2D eigenvalue weighted by atomic mass is 10.2. The molecule has 34 heavy (non-hydrogen) atoms. The number of halogens is 1. The van der Waals surface area contributed by atoms with Crippen molar-refractivity contribution in [3.8, 4) is 11.4 Å². The van der Waals surface area contributed by atoms with E-state index in [0.717, 1.165) is 33.9 Å². The van der Waals surface area contributed by atoms with E-state index in [9.17, 15) is 0 Å². The lowest BCUT2D eigenvalue weighted by Crippen LogP contribution is -3.00. The van der Waals surface area contributed by atoms with Crippen LogP contribution in [0.1, 0.15) is 11.1 Å². The van der Waals surface area contributed by atoms with E-state index in [2.05, 4.69) is 70.5 Å². The Bertz CT molecular complexity index is 1160. The third kappa shape index (κ3) is 5.91. The first kappa shape index (κ1) is 24.7. The van der Waals surface area contributed by atoms with Crippen LogP contribution in [-0.4, -0.2) is 45.3 Å². The largest absolute Gasteiger partial charge is 1.00 e. The fourth-order valence-electron chi connectivity index (χ4n) is 3.39. The van der Waals surface area contributed by atoms with Gasteiger partial charge in [-0.25, -0.2) is 0 Å². The van der Waals surface area contributed by atoms with Gasteiger partial charge in [0.15, 0.2) is 12.4 Å². The highest BCUT2D eigenvalue weighted by Crippen LogP contribution is 2.16. The molecule has 0 saturated carbocycles. The van der Waals surface area contributed by atoms with E-state index in [1.807, 2.05) is 80.6 Å². The predicted molar refractivity (Wildman–Crippen MR) is 138 cm³/mol. The van der Waals surface area contributed by atoms with E-state index in [1.54, 1.807) is 0 Å². The number of rotatable bonds is 7. The van der Waals surface area contributed by atoms with Gasteiger partial charge >= 0.3 is 5.82 Å². The van der Waals surface area contributed by atoms with Crippen molar-refractivity contribution in [2.45, 2.75) is 0 Å². The molecule has 0 aliphatic heterocycles. The Morgan fingerprint density at radius 1 is 0.706 bits per heavy atom. The topological polar surface area (TPSA) is 40.0 Å². The van der Waals surface area contributed by atoms with Crippen LogP contribution in [-0.2, 0) is 0 Å². The second kappa shape index (κ2) is 11.3. The zero-order valence-corrected chi connectivity index (χ0v) is 20.6. The molecule has 0 aliphatic rings. The summed E-state index contributed by atoms with van der Waals surface area (Å²) in [4.78, 5) is 4.16. The van der Waals surface area contributed by atoms with Crippen LogP contribution in [0.3, 0.4) is 0 Å². The number of hydrogen-bond donors (Lipinski definition) is 0. The van der Waals surface area contributed by atoms with Crippen LogP contribution in [0, 0.1) is 0 Å². The molecule has 1 heterocycles. The molecule has 0 amide bonds. The van der Waals surface area contributed by atoms with Gasteiger partial charge < -0.3 is 22.2 Å². The van der Waals surface area contributed by atoms with Crippen LogP contribution in [0.25, 0.3) is 11.4 Å². The number of nitrogens with zero attached hydrogens (tertiary/aromatic N) is 6. The maximum absolute atomic E-state index is 4.71. The van der Waals surface area contributed by atoms with Crippen LogP contribution < -0.4 is 26.9 Å². The molecule has 0 fully saturated rings. The maximum atomic E-state index is 4.71. The van der Waals surface area contributed by atoms with E-state index < -0.39 is 0 Å². The van der Waals surface area contributed by atoms with Crippen LogP contribution in [0.2, 0.25) is 0 Å². The second-order valence-electron chi connectivity index (χ2n) is 8.14. The molecule has 0 spiro atoms. The molecule has 3 aromatic carbocycles. The standard InChI is InChI=1S/C27H29N6.ClH/c1-30(2)25-14-10-22(11-15-25)20-28-32-18-19-33(27(32)24-8-6-5-7-9-24)29-21-23-12-16-26(17-13-23)31(3)4;/h5-21H,1-4H3;1H/q+1;/p-1. The molecule has 4 aromatic rings. The van der Waals surface area contributed by atoms with Crippen molar-refractivity contribution in [3.05, 3.63) is 102 Å². The minimum Gasteiger partial charge on any atom is -1.00 e. The Morgan fingerprint density at radius 2 is 1.24 bits per heavy atom. The Kier molecular flexibility index (Phi) is 8.22. The number of imidazole rings is 1. The van der Waals surface area contributed by atoms with Crippen molar-refractivity contribution in [1.82, 2.24) is 4.68 Å². The monoisotopic (exact) mass is 472 g/mol. The molecule has 0 atom stereocenters. The van der Waals surface area contributed by atoms with Gasteiger partial charge in [-0.2, -0.15) is 0 Å². The van der Waals surface area contributed by atoms with Gasteiger partial charge in [0.1, 0.15) is 0 Å². The van der Waals surface area contributed by atoms with Crippen LogP contribution >= 0.6 is 0 Å². The molecule has 6 nitrogen and oxygen atoms in total. The second-order valence-corrected chi connectivity index (χ2v) is 8.14. The summed E-state index contributed by atoms with van der Waals surface area (Å²) in [6.07, 6.45) is 7.55. The van der Waals surface area contributed by atoms with Gasteiger partial charge in [-0.3, -0.25) is 0 Å². The summed E-state index contributed by atoms with van der Waals surface area (Å²) in [7, 11) is 8.13. The molecule has 4 rings (SSSR count). The zero-order valence-electron chi connectivity index (χ0n) is 19.9. The van der Waals surface area contributed by atoms with Crippen molar-refractivity contribution >= 4 is 23.8 Å². The molecule has 174 valence electrons. The Morgan fingerprint density at radius 3 is 1.76 bits per heavy atom. The minimum absolute atomic E-state index is 0. The third-order valence-electron chi connectivity index (χ3n) is 5.30. The fraction of sp³-hybridized carbons (Fsp3) is 0.148. The first-order valence-corrected chi connectivity index (χ1v) is 10.8. The fourth-order valence-corrected chi connectivity index (χ4v) is 3.39. The molecule has 7 heteroatoms. The third-order valence-corrected chi connectivity index (χ3v) is 5.30. The molecular weight excluding hydrogens is 444 g/mol. The Balaban J connectivity index is 0.00000324. The number of aromatic nitrogens is 2. The summed E-state index contributed by atoms with van der Waals surface area (Å²) in [6, 6.07) is 26.8. The van der Waals surface area contributed by atoms with Crippen molar-refractivity contribution in [2.24, 2.45) is 10.2 Å². The van der Waals surface area contributed by atoms with E-state index in [0.29, 0.717) is 0 Å². The van der Waals surface area contributed by atoms with Gasteiger partial charge in [-0.15, -0.1) is 0 Å². The molecule has 0 bridgehead atoms. The highest BCUT2D eigenvalue weighted by atomic mass is 35.5. The number of benzene rings is 3. The minimum atomic E-state index is 0. The number of hydrogen-bond acceptors (Lipinski definition) is 4. The van der Waals surface area contributed by atoms with Gasteiger partial charge in [0, 0.05) is 39.6 Å². The first-order chi connectivity index (χ1) is 16.0. The zero-order chi connectivity index (χ0) is 23.2. The summed E-state index contributed by atoms with van der Waals surface area (Å²) in [5.74, 6) is 0.873. The van der Waals surface area contributed by atoms with Gasteiger partial charge in [0.05, 0.1) is 18.0 Å². The molecule has 0 radical (unpaired) electrons. The van der Waals surface area contributed by atoms with Gasteiger partial charge in [-0.05, 0) is 47.5 Å². The summed E-state index contributed by atoms with van der Waals surface area (Å²) in [6.45, 7) is 0. The summed E-state index contributed by atoms with van der Waals surface area (Å²) in [5.41, 5.74) is 5.41. The van der Waals surface area contributed by atoms with Crippen molar-refractivity contribution in [3.63, 3.8) is 0 Å². The van der Waals surface area contributed by atoms with E-state index in [-0.39, 0.29) is 12.4 Å². The summed E-state index contributed by atoms with van der Waals surface area (Å²) in [5, 5.41) is 9.42. The smallest absolute Gasteiger partial charge is 0.339 e. The lowest BCUT2D eigenvalue weighted by Gasteiger charge is -2.11. The van der Waals surface area contributed by atoms with Gasteiger partial charge in [-0.1, -0.05) is 62.0 Å². The van der Waals surface area contributed by atoms with E-state index in [4.69, 9.17) is 10.2 Å². The summed E-state index contributed by atoms with van der Waals surface area (Å²) >= 11 is 0. The summed E-state index contributed by atoms with van der Waals surface area (Å²) < 4.78 is 3.70. The van der Waals surface area contributed by atoms with Gasteiger partial charge in [0.2, 0.25) is 0 Å². The highest BCUT2D eigenvalue weighted by molar-refractivity contribution is 5.81. The van der Waals surface area contributed by atoms with E-state index in [1.165, 1.54) is 0 Å².